The first kappa shape index (κ1) is 14.3. The van der Waals surface area contributed by atoms with Gasteiger partial charge in [0.05, 0.1) is 6.61 Å². The van der Waals surface area contributed by atoms with Crippen LogP contribution in [0.15, 0.2) is 48.5 Å². The lowest BCUT2D eigenvalue weighted by atomic mass is 10.1. The molecule has 2 rings (SSSR count). The second-order valence-corrected chi connectivity index (χ2v) is 4.65. The predicted octanol–water partition coefficient (Wildman–Crippen LogP) is 3.78. The van der Waals surface area contributed by atoms with Gasteiger partial charge in [0.2, 0.25) is 0 Å². The third kappa shape index (κ3) is 3.93. The first-order valence-corrected chi connectivity index (χ1v) is 6.73. The highest BCUT2D eigenvalue weighted by atomic mass is 16.5. The number of amides is 1. The molecule has 0 unspecified atom stereocenters. The summed E-state index contributed by atoms with van der Waals surface area (Å²) in [5.74, 6) is -0.100. The van der Waals surface area contributed by atoms with Gasteiger partial charge in [-0.3, -0.25) is 4.79 Å². The van der Waals surface area contributed by atoms with Crippen LogP contribution >= 0.6 is 0 Å². The zero-order valence-corrected chi connectivity index (χ0v) is 11.8. The summed E-state index contributed by atoms with van der Waals surface area (Å²) in [4.78, 5) is 12.1. The van der Waals surface area contributed by atoms with Gasteiger partial charge in [0.25, 0.3) is 5.91 Å². The minimum Gasteiger partial charge on any atom is -0.377 e. The largest absolute Gasteiger partial charge is 0.377 e. The molecule has 0 aliphatic carbocycles. The molecular formula is C17H19NO2. The maximum Gasteiger partial charge on any atom is 0.255 e. The molecule has 0 saturated heterocycles. The van der Waals surface area contributed by atoms with Gasteiger partial charge in [-0.1, -0.05) is 29.8 Å². The fourth-order valence-corrected chi connectivity index (χ4v) is 1.81. The zero-order chi connectivity index (χ0) is 14.4. The Morgan fingerprint density at radius 1 is 1.05 bits per heavy atom. The van der Waals surface area contributed by atoms with E-state index in [0.717, 1.165) is 11.3 Å². The molecular weight excluding hydrogens is 250 g/mol. The Bertz CT molecular complexity index is 559. The molecule has 104 valence electrons. The Morgan fingerprint density at radius 3 is 2.30 bits per heavy atom. The SMILES string of the molecule is CCOCc1ccc(C(=O)Nc2ccc(C)cc2)cc1. The van der Waals surface area contributed by atoms with Crippen molar-refractivity contribution in [1.29, 1.82) is 0 Å². The minimum absolute atomic E-state index is 0.100. The fraction of sp³-hybridized carbons (Fsp3) is 0.235. The first-order chi connectivity index (χ1) is 9.69. The van der Waals surface area contributed by atoms with E-state index < -0.39 is 0 Å². The summed E-state index contributed by atoms with van der Waals surface area (Å²) in [6, 6.07) is 15.2. The summed E-state index contributed by atoms with van der Waals surface area (Å²) in [5, 5.41) is 2.88. The maximum atomic E-state index is 12.1. The minimum atomic E-state index is -0.100. The van der Waals surface area contributed by atoms with Crippen molar-refractivity contribution in [1.82, 2.24) is 0 Å². The van der Waals surface area contributed by atoms with E-state index in [0.29, 0.717) is 18.8 Å². The van der Waals surface area contributed by atoms with Crippen LogP contribution in [0.25, 0.3) is 0 Å². The molecule has 2 aromatic rings. The summed E-state index contributed by atoms with van der Waals surface area (Å²) in [5.41, 5.74) is 3.69. The Morgan fingerprint density at radius 2 is 1.70 bits per heavy atom. The number of nitrogens with one attached hydrogen (secondary N) is 1. The molecule has 0 radical (unpaired) electrons. The van der Waals surface area contributed by atoms with Crippen LogP contribution in [0.5, 0.6) is 0 Å². The lowest BCUT2D eigenvalue weighted by Gasteiger charge is -2.07. The van der Waals surface area contributed by atoms with Crippen molar-refractivity contribution >= 4 is 11.6 Å². The molecule has 0 aliphatic rings. The number of ether oxygens (including phenoxy) is 1. The number of benzene rings is 2. The van der Waals surface area contributed by atoms with Crippen molar-refractivity contribution in [2.24, 2.45) is 0 Å². The van der Waals surface area contributed by atoms with E-state index in [1.165, 1.54) is 5.56 Å². The smallest absolute Gasteiger partial charge is 0.255 e. The molecule has 3 nitrogen and oxygen atoms in total. The van der Waals surface area contributed by atoms with Crippen molar-refractivity contribution in [2.45, 2.75) is 20.5 Å². The van der Waals surface area contributed by atoms with Crippen molar-refractivity contribution in [3.05, 3.63) is 65.2 Å². The van der Waals surface area contributed by atoms with Crippen molar-refractivity contribution in [3.8, 4) is 0 Å². The van der Waals surface area contributed by atoms with Gasteiger partial charge < -0.3 is 10.1 Å². The topological polar surface area (TPSA) is 38.3 Å². The number of rotatable bonds is 5. The highest BCUT2D eigenvalue weighted by molar-refractivity contribution is 6.04. The lowest BCUT2D eigenvalue weighted by Crippen LogP contribution is -2.11. The van der Waals surface area contributed by atoms with Gasteiger partial charge >= 0.3 is 0 Å². The number of carbonyl (C=O) groups excluding carboxylic acids is 1. The maximum absolute atomic E-state index is 12.1. The van der Waals surface area contributed by atoms with Crippen molar-refractivity contribution in [3.63, 3.8) is 0 Å². The molecule has 0 fully saturated rings. The van der Waals surface area contributed by atoms with Crippen LogP contribution in [0.4, 0.5) is 5.69 Å². The van der Waals surface area contributed by atoms with Gasteiger partial charge in [-0.25, -0.2) is 0 Å². The number of anilines is 1. The van der Waals surface area contributed by atoms with Gasteiger partial charge in [-0.15, -0.1) is 0 Å². The Hall–Kier alpha value is -2.13. The quantitative estimate of drug-likeness (QED) is 0.897. The van der Waals surface area contributed by atoms with E-state index in [2.05, 4.69) is 5.32 Å². The Balaban J connectivity index is 2.00. The van der Waals surface area contributed by atoms with Crippen molar-refractivity contribution < 1.29 is 9.53 Å². The van der Waals surface area contributed by atoms with Gasteiger partial charge in [-0.2, -0.15) is 0 Å². The van der Waals surface area contributed by atoms with Gasteiger partial charge in [0.15, 0.2) is 0 Å². The summed E-state index contributed by atoms with van der Waals surface area (Å²) < 4.78 is 5.33. The summed E-state index contributed by atoms with van der Waals surface area (Å²) in [6.45, 7) is 5.25. The lowest BCUT2D eigenvalue weighted by molar-refractivity contribution is 0.102. The number of aryl methyl sites for hydroxylation is 1. The van der Waals surface area contributed by atoms with E-state index >= 15 is 0 Å². The number of hydrogen-bond acceptors (Lipinski definition) is 2. The van der Waals surface area contributed by atoms with Crippen LogP contribution in [0, 0.1) is 6.92 Å². The Labute approximate surface area is 119 Å². The highest BCUT2D eigenvalue weighted by Crippen LogP contribution is 2.12. The molecule has 20 heavy (non-hydrogen) atoms. The van der Waals surface area contributed by atoms with Crippen LogP contribution in [0.3, 0.4) is 0 Å². The van der Waals surface area contributed by atoms with Crippen LogP contribution in [-0.2, 0) is 11.3 Å². The number of carbonyl (C=O) groups is 1. The third-order valence-electron chi connectivity index (χ3n) is 3.00. The third-order valence-corrected chi connectivity index (χ3v) is 3.00. The molecule has 0 heterocycles. The molecule has 2 aromatic carbocycles. The average Bonchev–Trinajstić information content (AvgIpc) is 2.48. The zero-order valence-electron chi connectivity index (χ0n) is 11.8. The van der Waals surface area contributed by atoms with Crippen LogP contribution in [-0.4, -0.2) is 12.5 Å². The molecule has 0 atom stereocenters. The predicted molar refractivity (Wildman–Crippen MR) is 80.9 cm³/mol. The molecule has 0 bridgehead atoms. The van der Waals surface area contributed by atoms with Crippen LogP contribution < -0.4 is 5.32 Å². The van der Waals surface area contributed by atoms with Crippen molar-refractivity contribution in [2.75, 3.05) is 11.9 Å². The summed E-state index contributed by atoms with van der Waals surface area (Å²) in [6.07, 6.45) is 0. The Kier molecular flexibility index (Phi) is 4.91. The first-order valence-electron chi connectivity index (χ1n) is 6.73. The molecule has 0 aliphatic heterocycles. The standard InChI is InChI=1S/C17H19NO2/c1-3-20-12-14-6-8-15(9-7-14)17(19)18-16-10-4-13(2)5-11-16/h4-11H,3,12H2,1-2H3,(H,18,19). The normalized spacial score (nSPS) is 10.3. The molecule has 1 N–H and O–H groups in total. The summed E-state index contributed by atoms with van der Waals surface area (Å²) >= 11 is 0. The van der Waals surface area contributed by atoms with E-state index in [1.54, 1.807) is 0 Å². The van der Waals surface area contributed by atoms with Crippen LogP contribution in [0.2, 0.25) is 0 Å². The van der Waals surface area contributed by atoms with E-state index in [9.17, 15) is 4.79 Å². The van der Waals surface area contributed by atoms with Gasteiger partial charge in [0, 0.05) is 17.9 Å². The molecule has 3 heteroatoms. The van der Waals surface area contributed by atoms with Gasteiger partial charge in [0.1, 0.15) is 0 Å². The second kappa shape index (κ2) is 6.87. The molecule has 0 aromatic heterocycles. The fourth-order valence-electron chi connectivity index (χ4n) is 1.81. The molecule has 1 amide bonds. The van der Waals surface area contributed by atoms with E-state index in [-0.39, 0.29) is 5.91 Å². The summed E-state index contributed by atoms with van der Waals surface area (Å²) in [7, 11) is 0. The molecule has 0 spiro atoms. The van der Waals surface area contributed by atoms with E-state index in [4.69, 9.17) is 4.74 Å². The number of hydrogen-bond donors (Lipinski definition) is 1. The molecule has 0 saturated carbocycles. The monoisotopic (exact) mass is 269 g/mol. The highest BCUT2D eigenvalue weighted by Gasteiger charge is 2.05. The average molecular weight is 269 g/mol. The second-order valence-electron chi connectivity index (χ2n) is 4.65. The van der Waals surface area contributed by atoms with Gasteiger partial charge in [-0.05, 0) is 43.7 Å². The van der Waals surface area contributed by atoms with E-state index in [1.807, 2.05) is 62.4 Å². The van der Waals surface area contributed by atoms with Crippen LogP contribution in [0.1, 0.15) is 28.4 Å².